The van der Waals surface area contributed by atoms with Gasteiger partial charge < -0.3 is 10.2 Å². The Kier molecular flexibility index (Phi) is 3.33. The first-order valence-electron chi connectivity index (χ1n) is 5.44. The zero-order chi connectivity index (χ0) is 12.4. The molecule has 0 radical (unpaired) electrons. The number of hydrogen-bond acceptors (Lipinski definition) is 2. The molecule has 1 saturated heterocycles. The molecular formula is C12H13ClN2O2. The quantitative estimate of drug-likeness (QED) is 0.825. The fourth-order valence-corrected chi connectivity index (χ4v) is 2.02. The summed E-state index contributed by atoms with van der Waals surface area (Å²) in [7, 11) is 0. The van der Waals surface area contributed by atoms with Crippen molar-refractivity contribution in [3.8, 4) is 0 Å². The first-order valence-corrected chi connectivity index (χ1v) is 5.82. The molecule has 1 aromatic rings. The fourth-order valence-electron chi connectivity index (χ4n) is 1.83. The van der Waals surface area contributed by atoms with E-state index in [9.17, 15) is 9.59 Å². The standard InChI is InChI=1S/C12H13ClN2O2/c1-8-12(17)15(6-5-11(16)14-8)10-4-2-3-9(13)7-10/h2-4,7-8H,5-6H2,1H3,(H,14,16). The van der Waals surface area contributed by atoms with Gasteiger partial charge in [0, 0.05) is 23.7 Å². The molecule has 1 aliphatic rings. The van der Waals surface area contributed by atoms with Crippen LogP contribution in [-0.2, 0) is 9.59 Å². The van der Waals surface area contributed by atoms with Crippen molar-refractivity contribution in [2.24, 2.45) is 0 Å². The normalized spacial score (nSPS) is 21.1. The summed E-state index contributed by atoms with van der Waals surface area (Å²) in [6.45, 7) is 2.07. The Bertz CT molecular complexity index is 462. The highest BCUT2D eigenvalue weighted by Crippen LogP contribution is 2.21. The third kappa shape index (κ3) is 2.58. The van der Waals surface area contributed by atoms with Crippen molar-refractivity contribution in [3.05, 3.63) is 29.3 Å². The van der Waals surface area contributed by atoms with Crippen LogP contribution in [0.2, 0.25) is 5.02 Å². The Balaban J connectivity index is 2.30. The SMILES string of the molecule is CC1NC(=O)CCN(c2cccc(Cl)c2)C1=O. The number of rotatable bonds is 1. The van der Waals surface area contributed by atoms with Crippen LogP contribution in [0.5, 0.6) is 0 Å². The summed E-state index contributed by atoms with van der Waals surface area (Å²) < 4.78 is 0. The van der Waals surface area contributed by atoms with Crippen LogP contribution in [0.3, 0.4) is 0 Å². The van der Waals surface area contributed by atoms with E-state index in [1.54, 1.807) is 30.0 Å². The van der Waals surface area contributed by atoms with Crippen LogP contribution in [0.25, 0.3) is 0 Å². The number of nitrogens with one attached hydrogen (secondary N) is 1. The lowest BCUT2D eigenvalue weighted by molar-refractivity contribution is -0.125. The predicted octanol–water partition coefficient (Wildman–Crippen LogP) is 1.58. The molecule has 0 spiro atoms. The molecule has 1 unspecified atom stereocenters. The summed E-state index contributed by atoms with van der Waals surface area (Å²) in [6.07, 6.45) is 0.308. The molecule has 90 valence electrons. The smallest absolute Gasteiger partial charge is 0.249 e. The van der Waals surface area contributed by atoms with Gasteiger partial charge in [0.1, 0.15) is 6.04 Å². The van der Waals surface area contributed by atoms with Crippen LogP contribution >= 0.6 is 11.6 Å². The van der Waals surface area contributed by atoms with Gasteiger partial charge in [-0.25, -0.2) is 0 Å². The van der Waals surface area contributed by atoms with E-state index in [2.05, 4.69) is 5.32 Å². The highest BCUT2D eigenvalue weighted by Gasteiger charge is 2.27. The maximum absolute atomic E-state index is 12.1. The molecular weight excluding hydrogens is 240 g/mol. The number of amides is 2. The van der Waals surface area contributed by atoms with Gasteiger partial charge in [0.2, 0.25) is 11.8 Å². The number of nitrogens with zero attached hydrogens (tertiary/aromatic N) is 1. The number of hydrogen-bond donors (Lipinski definition) is 1. The largest absolute Gasteiger partial charge is 0.345 e. The maximum Gasteiger partial charge on any atom is 0.249 e. The van der Waals surface area contributed by atoms with Crippen molar-refractivity contribution in [1.82, 2.24) is 5.32 Å². The minimum Gasteiger partial charge on any atom is -0.345 e. The summed E-state index contributed by atoms with van der Waals surface area (Å²) >= 11 is 5.90. The van der Waals surface area contributed by atoms with E-state index in [1.165, 1.54) is 0 Å². The third-order valence-corrected chi connectivity index (χ3v) is 2.93. The first kappa shape index (κ1) is 11.9. The zero-order valence-electron chi connectivity index (χ0n) is 9.44. The summed E-state index contributed by atoms with van der Waals surface area (Å²) in [4.78, 5) is 25.0. The first-order chi connectivity index (χ1) is 8.08. The topological polar surface area (TPSA) is 49.4 Å². The third-order valence-electron chi connectivity index (χ3n) is 2.70. The second-order valence-electron chi connectivity index (χ2n) is 4.01. The number of benzene rings is 1. The minimum absolute atomic E-state index is 0.102. The molecule has 0 aliphatic carbocycles. The van der Waals surface area contributed by atoms with Crippen LogP contribution in [-0.4, -0.2) is 24.4 Å². The summed E-state index contributed by atoms with van der Waals surface area (Å²) in [6, 6.07) is 6.58. The average Bonchev–Trinajstić information content (AvgIpc) is 2.40. The van der Waals surface area contributed by atoms with E-state index in [0.29, 0.717) is 18.0 Å². The van der Waals surface area contributed by atoms with E-state index < -0.39 is 6.04 Å². The molecule has 1 heterocycles. The Morgan fingerprint density at radius 2 is 2.18 bits per heavy atom. The van der Waals surface area contributed by atoms with Crippen molar-refractivity contribution in [1.29, 1.82) is 0 Å². The summed E-state index contributed by atoms with van der Waals surface area (Å²) in [5, 5.41) is 3.22. The number of carbonyl (C=O) groups is 2. The van der Waals surface area contributed by atoms with E-state index in [0.717, 1.165) is 5.69 Å². The van der Waals surface area contributed by atoms with Gasteiger partial charge in [-0.2, -0.15) is 0 Å². The monoisotopic (exact) mass is 252 g/mol. The second-order valence-corrected chi connectivity index (χ2v) is 4.45. The molecule has 0 aromatic heterocycles. The molecule has 17 heavy (non-hydrogen) atoms. The number of halogens is 1. The van der Waals surface area contributed by atoms with Crippen molar-refractivity contribution in [2.75, 3.05) is 11.4 Å². The van der Waals surface area contributed by atoms with Gasteiger partial charge in [0.05, 0.1) is 0 Å². The van der Waals surface area contributed by atoms with Crippen LogP contribution in [0.1, 0.15) is 13.3 Å². The lowest BCUT2D eigenvalue weighted by Gasteiger charge is -2.22. The molecule has 2 amide bonds. The highest BCUT2D eigenvalue weighted by atomic mass is 35.5. The molecule has 5 heteroatoms. The molecule has 2 rings (SSSR count). The highest BCUT2D eigenvalue weighted by molar-refractivity contribution is 6.30. The molecule has 4 nitrogen and oxygen atoms in total. The number of anilines is 1. The molecule has 1 aromatic carbocycles. The van der Waals surface area contributed by atoms with Gasteiger partial charge in [-0.3, -0.25) is 9.59 Å². The van der Waals surface area contributed by atoms with Crippen molar-refractivity contribution in [3.63, 3.8) is 0 Å². The average molecular weight is 253 g/mol. The number of carbonyl (C=O) groups excluding carboxylic acids is 2. The lowest BCUT2D eigenvalue weighted by atomic mass is 10.2. The molecule has 1 fully saturated rings. The Hall–Kier alpha value is -1.55. The van der Waals surface area contributed by atoms with Crippen LogP contribution < -0.4 is 10.2 Å². The maximum atomic E-state index is 12.1. The van der Waals surface area contributed by atoms with Gasteiger partial charge in [0.15, 0.2) is 0 Å². The molecule has 0 bridgehead atoms. The van der Waals surface area contributed by atoms with Crippen LogP contribution in [0, 0.1) is 0 Å². The second kappa shape index (κ2) is 4.75. The summed E-state index contributed by atoms with van der Waals surface area (Å²) in [5.74, 6) is -0.214. The zero-order valence-corrected chi connectivity index (χ0v) is 10.2. The molecule has 1 atom stereocenters. The summed E-state index contributed by atoms with van der Waals surface area (Å²) in [5.41, 5.74) is 0.728. The van der Waals surface area contributed by atoms with Gasteiger partial charge in [-0.05, 0) is 25.1 Å². The van der Waals surface area contributed by atoms with Gasteiger partial charge in [-0.1, -0.05) is 17.7 Å². The fraction of sp³-hybridized carbons (Fsp3) is 0.333. The molecule has 1 aliphatic heterocycles. The van der Waals surface area contributed by atoms with Crippen molar-refractivity contribution < 1.29 is 9.59 Å². The van der Waals surface area contributed by atoms with E-state index in [4.69, 9.17) is 11.6 Å². The molecule has 1 N–H and O–H groups in total. The lowest BCUT2D eigenvalue weighted by Crippen LogP contribution is -2.42. The predicted molar refractivity (Wildman–Crippen MR) is 66.0 cm³/mol. The Morgan fingerprint density at radius 3 is 2.88 bits per heavy atom. The van der Waals surface area contributed by atoms with Crippen LogP contribution in [0.15, 0.2) is 24.3 Å². The van der Waals surface area contributed by atoms with E-state index >= 15 is 0 Å². The van der Waals surface area contributed by atoms with E-state index in [-0.39, 0.29) is 11.8 Å². The Morgan fingerprint density at radius 1 is 1.41 bits per heavy atom. The molecule has 0 saturated carbocycles. The van der Waals surface area contributed by atoms with Gasteiger partial charge >= 0.3 is 0 Å². The van der Waals surface area contributed by atoms with Crippen LogP contribution in [0.4, 0.5) is 5.69 Å². The van der Waals surface area contributed by atoms with Crippen molar-refractivity contribution >= 4 is 29.1 Å². The Labute approximate surface area is 105 Å². The van der Waals surface area contributed by atoms with E-state index in [1.807, 2.05) is 6.07 Å². The van der Waals surface area contributed by atoms with Gasteiger partial charge in [-0.15, -0.1) is 0 Å². The van der Waals surface area contributed by atoms with Gasteiger partial charge in [0.25, 0.3) is 0 Å². The van der Waals surface area contributed by atoms with Crippen molar-refractivity contribution in [2.45, 2.75) is 19.4 Å². The minimum atomic E-state index is -0.496.